The largest absolute Gasteiger partial charge is 0.456 e. The van der Waals surface area contributed by atoms with Crippen molar-refractivity contribution >= 4 is 0 Å². The fourth-order valence-electron chi connectivity index (χ4n) is 2.60. The molecule has 2 aromatic rings. The molecule has 3 rings (SSSR count). The average Bonchev–Trinajstić information content (AvgIpc) is 2.99. The topological polar surface area (TPSA) is 78.1 Å². The van der Waals surface area contributed by atoms with Crippen LogP contribution in [0.15, 0.2) is 15.0 Å². The van der Waals surface area contributed by atoms with E-state index in [1.807, 2.05) is 19.9 Å². The van der Waals surface area contributed by atoms with E-state index in [0.29, 0.717) is 17.5 Å². The fourth-order valence-corrected chi connectivity index (χ4v) is 2.60. The molecule has 1 saturated carbocycles. The molecule has 0 atom stereocenters. The maximum absolute atomic E-state index is 6.30. The van der Waals surface area contributed by atoms with Gasteiger partial charge in [-0.05, 0) is 32.8 Å². The number of nitrogens with two attached hydrogens (primary N) is 1. The minimum absolute atomic E-state index is 0.419. The predicted octanol–water partition coefficient (Wildman–Crippen LogP) is 2.67. The Morgan fingerprint density at radius 3 is 2.61 bits per heavy atom. The molecule has 96 valence electrons. The van der Waals surface area contributed by atoms with Gasteiger partial charge < -0.3 is 14.7 Å². The summed E-state index contributed by atoms with van der Waals surface area (Å²) < 4.78 is 10.9. The van der Waals surface area contributed by atoms with Gasteiger partial charge in [0, 0.05) is 5.56 Å². The van der Waals surface area contributed by atoms with E-state index in [9.17, 15) is 0 Å². The average molecular weight is 247 g/mol. The van der Waals surface area contributed by atoms with Crippen LogP contribution in [0, 0.1) is 13.8 Å². The summed E-state index contributed by atoms with van der Waals surface area (Å²) in [4.78, 5) is 4.41. The van der Waals surface area contributed by atoms with Gasteiger partial charge in [0.05, 0.1) is 5.54 Å². The molecule has 0 amide bonds. The predicted molar refractivity (Wildman–Crippen MR) is 65.8 cm³/mol. The van der Waals surface area contributed by atoms with Crippen molar-refractivity contribution in [2.45, 2.75) is 45.1 Å². The van der Waals surface area contributed by atoms with Crippen molar-refractivity contribution in [3.63, 3.8) is 0 Å². The number of hydrogen-bond acceptors (Lipinski definition) is 5. The van der Waals surface area contributed by atoms with Crippen LogP contribution in [0.4, 0.5) is 0 Å². The summed E-state index contributed by atoms with van der Waals surface area (Å²) in [5, 5.41) is 4.03. The molecule has 0 saturated heterocycles. The second-order valence-corrected chi connectivity index (χ2v) is 5.16. The molecule has 0 bridgehead atoms. The Morgan fingerprint density at radius 1 is 1.28 bits per heavy atom. The third-order valence-electron chi connectivity index (χ3n) is 3.60. The van der Waals surface area contributed by atoms with Gasteiger partial charge in [-0.3, -0.25) is 0 Å². The first-order valence-corrected chi connectivity index (χ1v) is 6.29. The molecule has 0 spiro atoms. The van der Waals surface area contributed by atoms with Crippen molar-refractivity contribution in [1.82, 2.24) is 10.1 Å². The van der Waals surface area contributed by atoms with E-state index < -0.39 is 5.54 Å². The molecule has 2 aromatic heterocycles. The van der Waals surface area contributed by atoms with Crippen molar-refractivity contribution in [2.24, 2.45) is 5.73 Å². The Kier molecular flexibility index (Phi) is 2.52. The van der Waals surface area contributed by atoms with Crippen molar-refractivity contribution in [2.75, 3.05) is 0 Å². The maximum Gasteiger partial charge on any atom is 0.293 e. The lowest BCUT2D eigenvalue weighted by Crippen LogP contribution is -2.34. The summed E-state index contributed by atoms with van der Waals surface area (Å²) in [6, 6.07) is 1.95. The molecule has 5 nitrogen and oxygen atoms in total. The first-order valence-electron chi connectivity index (χ1n) is 6.29. The van der Waals surface area contributed by atoms with Crippen LogP contribution in [0.25, 0.3) is 11.7 Å². The second kappa shape index (κ2) is 3.95. The Hall–Kier alpha value is -1.62. The fraction of sp³-hybridized carbons (Fsp3) is 0.538. The highest BCUT2D eigenvalue weighted by molar-refractivity contribution is 5.50. The lowest BCUT2D eigenvalue weighted by molar-refractivity contribution is 0.367. The molecule has 2 N–H and O–H groups in total. The molecule has 0 radical (unpaired) electrons. The third-order valence-corrected chi connectivity index (χ3v) is 3.60. The summed E-state index contributed by atoms with van der Waals surface area (Å²) in [5.74, 6) is 2.51. The third kappa shape index (κ3) is 1.75. The lowest BCUT2D eigenvalue weighted by atomic mass is 9.99. The smallest absolute Gasteiger partial charge is 0.293 e. The zero-order valence-electron chi connectivity index (χ0n) is 10.7. The Bertz CT molecular complexity index is 565. The van der Waals surface area contributed by atoms with Crippen molar-refractivity contribution in [3.05, 3.63) is 23.2 Å². The summed E-state index contributed by atoms with van der Waals surface area (Å²) in [7, 11) is 0. The number of nitrogens with zero attached hydrogens (tertiary/aromatic N) is 2. The SMILES string of the molecule is Cc1cc(C)c(-c2nc(C3(N)CCCC3)no2)o1. The molecule has 18 heavy (non-hydrogen) atoms. The van der Waals surface area contributed by atoms with Crippen LogP contribution in [0.1, 0.15) is 42.8 Å². The first-order chi connectivity index (χ1) is 8.58. The van der Waals surface area contributed by atoms with Gasteiger partial charge in [-0.15, -0.1) is 0 Å². The minimum atomic E-state index is -0.419. The first kappa shape index (κ1) is 11.5. The van der Waals surface area contributed by atoms with E-state index in [-0.39, 0.29) is 0 Å². The van der Waals surface area contributed by atoms with Gasteiger partial charge in [-0.1, -0.05) is 18.0 Å². The monoisotopic (exact) mass is 247 g/mol. The van der Waals surface area contributed by atoms with Crippen LogP contribution in [0.3, 0.4) is 0 Å². The minimum Gasteiger partial charge on any atom is -0.456 e. The van der Waals surface area contributed by atoms with Gasteiger partial charge in [0.25, 0.3) is 5.89 Å². The normalized spacial score (nSPS) is 18.4. The summed E-state index contributed by atoms with van der Waals surface area (Å²) in [5.41, 5.74) is 6.88. The lowest BCUT2D eigenvalue weighted by Gasteiger charge is -2.17. The Balaban J connectivity index is 1.96. The standard InChI is InChI=1S/C13H17N3O2/c1-8-7-9(2)17-10(8)11-15-12(16-18-11)13(14)5-3-4-6-13/h7H,3-6,14H2,1-2H3. The number of aryl methyl sites for hydroxylation is 2. The van der Waals surface area contributed by atoms with E-state index >= 15 is 0 Å². The molecule has 5 heteroatoms. The number of rotatable bonds is 2. The highest BCUT2D eigenvalue weighted by atomic mass is 16.5. The van der Waals surface area contributed by atoms with E-state index in [1.54, 1.807) is 0 Å². The molecular weight excluding hydrogens is 230 g/mol. The van der Waals surface area contributed by atoms with E-state index in [1.165, 1.54) is 0 Å². The molecule has 1 aliphatic rings. The number of furan rings is 1. The van der Waals surface area contributed by atoms with E-state index in [0.717, 1.165) is 37.0 Å². The van der Waals surface area contributed by atoms with Crippen molar-refractivity contribution < 1.29 is 8.94 Å². The summed E-state index contributed by atoms with van der Waals surface area (Å²) in [6.45, 7) is 3.86. The molecule has 0 unspecified atom stereocenters. The van der Waals surface area contributed by atoms with Gasteiger partial charge in [0.2, 0.25) is 0 Å². The number of hydrogen-bond donors (Lipinski definition) is 1. The molecular formula is C13H17N3O2. The summed E-state index contributed by atoms with van der Waals surface area (Å²) >= 11 is 0. The van der Waals surface area contributed by atoms with Gasteiger partial charge >= 0.3 is 0 Å². The van der Waals surface area contributed by atoms with E-state index in [4.69, 9.17) is 14.7 Å². The summed E-state index contributed by atoms with van der Waals surface area (Å²) in [6.07, 6.45) is 4.09. The maximum atomic E-state index is 6.30. The highest BCUT2D eigenvalue weighted by Gasteiger charge is 2.36. The van der Waals surface area contributed by atoms with Gasteiger partial charge in [0.15, 0.2) is 11.6 Å². The zero-order chi connectivity index (χ0) is 12.8. The molecule has 2 heterocycles. The molecule has 1 aliphatic carbocycles. The Labute approximate surface area is 105 Å². The van der Waals surface area contributed by atoms with Crippen LogP contribution in [-0.2, 0) is 5.54 Å². The van der Waals surface area contributed by atoms with Gasteiger partial charge in [-0.25, -0.2) is 0 Å². The highest BCUT2D eigenvalue weighted by Crippen LogP contribution is 2.36. The zero-order valence-corrected chi connectivity index (χ0v) is 10.7. The van der Waals surface area contributed by atoms with Crippen LogP contribution >= 0.6 is 0 Å². The van der Waals surface area contributed by atoms with Crippen LogP contribution < -0.4 is 5.73 Å². The number of aromatic nitrogens is 2. The quantitative estimate of drug-likeness (QED) is 0.882. The van der Waals surface area contributed by atoms with Crippen LogP contribution in [0.5, 0.6) is 0 Å². The Morgan fingerprint density at radius 2 is 2.00 bits per heavy atom. The van der Waals surface area contributed by atoms with Gasteiger partial charge in [0.1, 0.15) is 5.76 Å². The second-order valence-electron chi connectivity index (χ2n) is 5.16. The van der Waals surface area contributed by atoms with Crippen LogP contribution in [-0.4, -0.2) is 10.1 Å². The van der Waals surface area contributed by atoms with Crippen molar-refractivity contribution in [3.8, 4) is 11.7 Å². The van der Waals surface area contributed by atoms with Crippen molar-refractivity contribution in [1.29, 1.82) is 0 Å². The van der Waals surface area contributed by atoms with E-state index in [2.05, 4.69) is 10.1 Å². The van der Waals surface area contributed by atoms with Crippen LogP contribution in [0.2, 0.25) is 0 Å². The molecule has 0 aromatic carbocycles. The molecule has 1 fully saturated rings. The molecule has 0 aliphatic heterocycles. The van der Waals surface area contributed by atoms with Gasteiger partial charge in [-0.2, -0.15) is 4.98 Å².